The summed E-state index contributed by atoms with van der Waals surface area (Å²) in [4.78, 5) is 13.5. The second-order valence-corrected chi connectivity index (χ2v) is 4.09. The molecule has 1 aromatic carbocycles. The number of rotatable bonds is 2. The molecule has 0 saturated carbocycles. The van der Waals surface area contributed by atoms with E-state index in [4.69, 9.17) is 0 Å². The molecule has 3 rings (SSSR count). The first-order chi connectivity index (χ1) is 8.65. The SMILES string of the molecule is Cn1cc(-c2c[nH]c3ccc([N+](=O)[O-])cc23)cn1. The van der Waals surface area contributed by atoms with E-state index in [1.807, 2.05) is 19.4 Å². The molecular formula is C12H10N4O2. The van der Waals surface area contributed by atoms with Crippen LogP contribution in [-0.2, 0) is 7.05 Å². The quantitative estimate of drug-likeness (QED) is 0.554. The summed E-state index contributed by atoms with van der Waals surface area (Å²) in [6, 6.07) is 4.79. The van der Waals surface area contributed by atoms with Gasteiger partial charge in [-0.2, -0.15) is 5.10 Å². The third-order valence-electron chi connectivity index (χ3n) is 2.89. The van der Waals surface area contributed by atoms with Crippen molar-refractivity contribution < 1.29 is 4.92 Å². The lowest BCUT2D eigenvalue weighted by Gasteiger charge is -1.95. The van der Waals surface area contributed by atoms with Crippen molar-refractivity contribution in [2.75, 3.05) is 0 Å². The fraction of sp³-hybridized carbons (Fsp3) is 0.0833. The number of hydrogen-bond donors (Lipinski definition) is 1. The number of fused-ring (bicyclic) bond motifs is 1. The Bertz CT molecular complexity index is 741. The van der Waals surface area contributed by atoms with E-state index in [1.165, 1.54) is 6.07 Å². The zero-order valence-corrected chi connectivity index (χ0v) is 9.62. The van der Waals surface area contributed by atoms with Crippen LogP contribution in [0.3, 0.4) is 0 Å². The van der Waals surface area contributed by atoms with Gasteiger partial charge in [-0.05, 0) is 6.07 Å². The highest BCUT2D eigenvalue weighted by atomic mass is 16.6. The molecule has 0 bridgehead atoms. The van der Waals surface area contributed by atoms with Crippen LogP contribution in [0.5, 0.6) is 0 Å². The molecule has 18 heavy (non-hydrogen) atoms. The largest absolute Gasteiger partial charge is 0.361 e. The molecular weight excluding hydrogens is 232 g/mol. The van der Waals surface area contributed by atoms with Gasteiger partial charge in [0.05, 0.1) is 11.1 Å². The van der Waals surface area contributed by atoms with E-state index >= 15 is 0 Å². The molecule has 0 fully saturated rings. The van der Waals surface area contributed by atoms with Gasteiger partial charge in [0, 0.05) is 53.6 Å². The van der Waals surface area contributed by atoms with Crippen LogP contribution in [0.4, 0.5) is 5.69 Å². The van der Waals surface area contributed by atoms with Crippen LogP contribution in [0, 0.1) is 10.1 Å². The first-order valence-electron chi connectivity index (χ1n) is 5.40. The number of nitro groups is 1. The standard InChI is InChI=1S/C12H10N4O2/c1-15-7-8(5-14-15)11-6-13-12-3-2-9(16(17)18)4-10(11)12/h2-7,13H,1H3. The lowest BCUT2D eigenvalue weighted by atomic mass is 10.1. The fourth-order valence-corrected chi connectivity index (χ4v) is 2.02. The van der Waals surface area contributed by atoms with Gasteiger partial charge in [0.15, 0.2) is 0 Å². The van der Waals surface area contributed by atoms with Crippen LogP contribution >= 0.6 is 0 Å². The summed E-state index contributed by atoms with van der Waals surface area (Å²) in [6.07, 6.45) is 5.45. The predicted octanol–water partition coefficient (Wildman–Crippen LogP) is 2.48. The van der Waals surface area contributed by atoms with Crippen LogP contribution < -0.4 is 0 Å². The fourth-order valence-electron chi connectivity index (χ4n) is 2.02. The normalized spacial score (nSPS) is 10.9. The average molecular weight is 242 g/mol. The number of non-ortho nitro benzene ring substituents is 1. The third kappa shape index (κ3) is 1.55. The molecule has 6 nitrogen and oxygen atoms in total. The molecule has 0 atom stereocenters. The van der Waals surface area contributed by atoms with E-state index in [0.29, 0.717) is 0 Å². The van der Waals surface area contributed by atoms with Gasteiger partial charge in [-0.25, -0.2) is 0 Å². The number of hydrogen-bond acceptors (Lipinski definition) is 3. The summed E-state index contributed by atoms with van der Waals surface area (Å²) < 4.78 is 1.70. The second-order valence-electron chi connectivity index (χ2n) is 4.09. The minimum absolute atomic E-state index is 0.0900. The maximum Gasteiger partial charge on any atom is 0.270 e. The summed E-state index contributed by atoms with van der Waals surface area (Å²) in [5.41, 5.74) is 2.82. The zero-order chi connectivity index (χ0) is 12.7. The van der Waals surface area contributed by atoms with Crippen molar-refractivity contribution in [2.45, 2.75) is 0 Å². The molecule has 0 aliphatic carbocycles. The van der Waals surface area contributed by atoms with Crippen molar-refractivity contribution >= 4 is 16.6 Å². The molecule has 2 heterocycles. The molecule has 0 spiro atoms. The van der Waals surface area contributed by atoms with Crippen molar-refractivity contribution in [2.24, 2.45) is 7.05 Å². The lowest BCUT2D eigenvalue weighted by molar-refractivity contribution is -0.384. The first-order valence-corrected chi connectivity index (χ1v) is 5.40. The number of aryl methyl sites for hydroxylation is 1. The van der Waals surface area contributed by atoms with E-state index in [1.54, 1.807) is 23.0 Å². The summed E-state index contributed by atoms with van der Waals surface area (Å²) >= 11 is 0. The number of nitro benzene ring substituents is 1. The van der Waals surface area contributed by atoms with Gasteiger partial charge in [0.1, 0.15) is 0 Å². The van der Waals surface area contributed by atoms with Crippen LogP contribution in [-0.4, -0.2) is 19.7 Å². The minimum Gasteiger partial charge on any atom is -0.361 e. The van der Waals surface area contributed by atoms with Crippen LogP contribution in [0.2, 0.25) is 0 Å². The highest BCUT2D eigenvalue weighted by Crippen LogP contribution is 2.30. The van der Waals surface area contributed by atoms with Crippen molar-refractivity contribution in [3.8, 4) is 11.1 Å². The maximum absolute atomic E-state index is 10.8. The molecule has 0 aliphatic heterocycles. The molecule has 0 amide bonds. The molecule has 3 aromatic rings. The number of nitrogens with one attached hydrogen (secondary N) is 1. The van der Waals surface area contributed by atoms with Gasteiger partial charge in [0.2, 0.25) is 0 Å². The average Bonchev–Trinajstić information content (AvgIpc) is 2.93. The van der Waals surface area contributed by atoms with Crippen LogP contribution in [0.1, 0.15) is 0 Å². The molecule has 0 saturated heterocycles. The Kier molecular flexibility index (Phi) is 2.16. The summed E-state index contributed by atoms with van der Waals surface area (Å²) in [5, 5.41) is 15.7. The highest BCUT2D eigenvalue weighted by Gasteiger charge is 2.12. The molecule has 90 valence electrons. The smallest absolute Gasteiger partial charge is 0.270 e. The molecule has 0 aliphatic rings. The minimum atomic E-state index is -0.389. The van der Waals surface area contributed by atoms with Gasteiger partial charge < -0.3 is 4.98 Å². The van der Waals surface area contributed by atoms with Crippen molar-refractivity contribution in [3.05, 3.63) is 46.9 Å². The molecule has 1 N–H and O–H groups in total. The summed E-state index contributed by atoms with van der Waals surface area (Å²) in [7, 11) is 1.83. The number of benzene rings is 1. The topological polar surface area (TPSA) is 76.8 Å². The Morgan fingerprint density at radius 1 is 1.44 bits per heavy atom. The lowest BCUT2D eigenvalue weighted by Crippen LogP contribution is -1.86. The third-order valence-corrected chi connectivity index (χ3v) is 2.89. The summed E-state index contributed by atoms with van der Waals surface area (Å²) in [6.45, 7) is 0. The van der Waals surface area contributed by atoms with Gasteiger partial charge in [-0.1, -0.05) is 0 Å². The first kappa shape index (κ1) is 10.5. The van der Waals surface area contributed by atoms with Crippen LogP contribution in [0.15, 0.2) is 36.8 Å². The van der Waals surface area contributed by atoms with Gasteiger partial charge >= 0.3 is 0 Å². The Hall–Kier alpha value is -2.63. The van der Waals surface area contributed by atoms with Gasteiger partial charge in [0.25, 0.3) is 5.69 Å². The van der Waals surface area contributed by atoms with Gasteiger partial charge in [-0.15, -0.1) is 0 Å². The monoisotopic (exact) mass is 242 g/mol. The molecule has 0 unspecified atom stereocenters. The highest BCUT2D eigenvalue weighted by molar-refractivity contribution is 5.96. The predicted molar refractivity (Wildman–Crippen MR) is 67.2 cm³/mol. The zero-order valence-electron chi connectivity index (χ0n) is 9.62. The van der Waals surface area contributed by atoms with Crippen molar-refractivity contribution in [1.29, 1.82) is 0 Å². The molecule has 0 radical (unpaired) electrons. The van der Waals surface area contributed by atoms with E-state index in [2.05, 4.69) is 10.1 Å². The van der Waals surface area contributed by atoms with E-state index in [0.717, 1.165) is 22.0 Å². The Morgan fingerprint density at radius 3 is 2.94 bits per heavy atom. The Balaban J connectivity index is 2.23. The van der Waals surface area contributed by atoms with Crippen molar-refractivity contribution in [1.82, 2.24) is 14.8 Å². The number of aromatic nitrogens is 3. The van der Waals surface area contributed by atoms with E-state index < -0.39 is 0 Å². The number of nitrogens with zero attached hydrogens (tertiary/aromatic N) is 3. The Morgan fingerprint density at radius 2 is 2.28 bits per heavy atom. The second kappa shape index (κ2) is 3.69. The number of aromatic amines is 1. The number of H-pyrrole nitrogens is 1. The van der Waals surface area contributed by atoms with Crippen molar-refractivity contribution in [3.63, 3.8) is 0 Å². The summed E-state index contributed by atoms with van der Waals surface area (Å²) in [5.74, 6) is 0. The maximum atomic E-state index is 10.8. The van der Waals surface area contributed by atoms with E-state index in [-0.39, 0.29) is 10.6 Å². The van der Waals surface area contributed by atoms with Crippen LogP contribution in [0.25, 0.3) is 22.0 Å². The van der Waals surface area contributed by atoms with Gasteiger partial charge in [-0.3, -0.25) is 14.8 Å². The molecule has 6 heteroatoms. The van der Waals surface area contributed by atoms with E-state index in [9.17, 15) is 10.1 Å². The Labute approximate surface area is 102 Å². The molecule has 2 aromatic heterocycles.